The molecule has 0 aliphatic rings. The lowest BCUT2D eigenvalue weighted by Gasteiger charge is -2.10. The second-order valence-electron chi connectivity index (χ2n) is 7.87. The number of hydrogen-bond acceptors (Lipinski definition) is 4. The van der Waals surface area contributed by atoms with Crippen LogP contribution in [0.5, 0.6) is 11.5 Å². The van der Waals surface area contributed by atoms with Crippen molar-refractivity contribution in [3.8, 4) is 11.5 Å². The Bertz CT molecular complexity index is 1560. The van der Waals surface area contributed by atoms with Gasteiger partial charge in [-0.25, -0.2) is 27.2 Å². The van der Waals surface area contributed by atoms with Crippen LogP contribution in [-0.2, 0) is 0 Å². The van der Waals surface area contributed by atoms with Crippen LogP contribution in [0.25, 0.3) is 21.5 Å². The van der Waals surface area contributed by atoms with Gasteiger partial charge in [-0.3, -0.25) is 0 Å². The van der Waals surface area contributed by atoms with Gasteiger partial charge in [0.25, 0.3) is 0 Å². The average Bonchev–Trinajstić information content (AvgIpc) is 2.86. The summed E-state index contributed by atoms with van der Waals surface area (Å²) in [4.78, 5) is 24.6. The number of ether oxygens (including phenoxy) is 2. The molecule has 0 amide bonds. The van der Waals surface area contributed by atoms with E-state index in [2.05, 4.69) is 0 Å². The standard InChI is InChI=1S/C28H14F4O4/c29-23-9-3-17(13-25(23)31)27(33)35-19-5-7-21-15(11-19)1-2-16-12-20(6-8-22(16)21)36-28(34)18-4-10-24(30)26(32)14-18/h1-14H. The third kappa shape index (κ3) is 4.48. The van der Waals surface area contributed by atoms with Crippen molar-refractivity contribution in [2.75, 3.05) is 0 Å². The molecule has 4 nitrogen and oxygen atoms in total. The highest BCUT2D eigenvalue weighted by molar-refractivity contribution is 6.08. The van der Waals surface area contributed by atoms with E-state index in [1.807, 2.05) is 0 Å². The number of benzene rings is 5. The fourth-order valence-electron chi connectivity index (χ4n) is 3.73. The number of carbonyl (C=O) groups is 2. The Labute approximate surface area is 201 Å². The molecule has 8 heteroatoms. The zero-order valence-corrected chi connectivity index (χ0v) is 18.2. The van der Waals surface area contributed by atoms with Crippen molar-refractivity contribution < 1.29 is 36.6 Å². The fourth-order valence-corrected chi connectivity index (χ4v) is 3.73. The van der Waals surface area contributed by atoms with E-state index in [0.717, 1.165) is 57.9 Å². The molecule has 0 unspecified atom stereocenters. The number of fused-ring (bicyclic) bond motifs is 3. The van der Waals surface area contributed by atoms with Gasteiger partial charge in [0.15, 0.2) is 23.3 Å². The van der Waals surface area contributed by atoms with Crippen LogP contribution in [0.15, 0.2) is 84.9 Å². The van der Waals surface area contributed by atoms with E-state index in [9.17, 15) is 27.2 Å². The molecule has 0 aliphatic carbocycles. The quantitative estimate of drug-likeness (QED) is 0.118. The summed E-state index contributed by atoms with van der Waals surface area (Å²) in [6.07, 6.45) is 0. The second-order valence-corrected chi connectivity index (χ2v) is 7.87. The van der Waals surface area contributed by atoms with Gasteiger partial charge >= 0.3 is 11.9 Å². The monoisotopic (exact) mass is 490 g/mol. The predicted octanol–water partition coefficient (Wildman–Crippen LogP) is 6.99. The molecule has 5 rings (SSSR count). The van der Waals surface area contributed by atoms with E-state index >= 15 is 0 Å². The fraction of sp³-hybridized carbons (Fsp3) is 0. The van der Waals surface area contributed by atoms with Crippen molar-refractivity contribution >= 4 is 33.5 Å². The number of hydrogen-bond donors (Lipinski definition) is 0. The molecule has 5 aromatic carbocycles. The molecule has 178 valence electrons. The molecule has 0 fully saturated rings. The van der Waals surface area contributed by atoms with Crippen LogP contribution in [-0.4, -0.2) is 11.9 Å². The van der Waals surface area contributed by atoms with E-state index in [1.54, 1.807) is 48.5 Å². The maximum Gasteiger partial charge on any atom is 0.343 e. The third-order valence-electron chi connectivity index (χ3n) is 5.51. The summed E-state index contributed by atoms with van der Waals surface area (Å²) in [5.74, 6) is -5.66. The summed E-state index contributed by atoms with van der Waals surface area (Å²) in [7, 11) is 0. The minimum absolute atomic E-state index is 0.127. The highest BCUT2D eigenvalue weighted by Gasteiger charge is 2.14. The van der Waals surface area contributed by atoms with Gasteiger partial charge in [0.05, 0.1) is 11.1 Å². The number of rotatable bonds is 4. The van der Waals surface area contributed by atoms with E-state index in [4.69, 9.17) is 9.47 Å². The van der Waals surface area contributed by atoms with Gasteiger partial charge in [0.1, 0.15) is 11.5 Å². The number of carbonyl (C=O) groups excluding carboxylic acids is 2. The zero-order chi connectivity index (χ0) is 25.4. The van der Waals surface area contributed by atoms with Gasteiger partial charge < -0.3 is 9.47 Å². The molecule has 0 aliphatic heterocycles. The summed E-state index contributed by atoms with van der Waals surface area (Å²) in [6.45, 7) is 0. The molecule has 0 bridgehead atoms. The molecule has 0 atom stereocenters. The van der Waals surface area contributed by atoms with Crippen LogP contribution in [0, 0.1) is 23.3 Å². The van der Waals surface area contributed by atoms with Gasteiger partial charge in [-0.1, -0.05) is 24.3 Å². The lowest BCUT2D eigenvalue weighted by molar-refractivity contribution is 0.0724. The minimum Gasteiger partial charge on any atom is -0.423 e. The first-order valence-electron chi connectivity index (χ1n) is 10.6. The summed E-state index contributed by atoms with van der Waals surface area (Å²) in [6, 6.07) is 18.9. The van der Waals surface area contributed by atoms with E-state index < -0.39 is 35.2 Å². The Morgan fingerprint density at radius 1 is 0.472 bits per heavy atom. The Morgan fingerprint density at radius 3 is 1.28 bits per heavy atom. The Kier molecular flexibility index (Phi) is 5.85. The van der Waals surface area contributed by atoms with Crippen molar-refractivity contribution in [2.24, 2.45) is 0 Å². The number of halogens is 4. The normalized spacial score (nSPS) is 11.0. The smallest absolute Gasteiger partial charge is 0.343 e. The molecule has 0 spiro atoms. The Morgan fingerprint density at radius 2 is 0.889 bits per heavy atom. The highest BCUT2D eigenvalue weighted by Crippen LogP contribution is 2.31. The number of esters is 2. The topological polar surface area (TPSA) is 52.6 Å². The van der Waals surface area contributed by atoms with Crippen molar-refractivity contribution in [1.29, 1.82) is 0 Å². The predicted molar refractivity (Wildman–Crippen MR) is 124 cm³/mol. The molecule has 0 aromatic heterocycles. The molecular weight excluding hydrogens is 476 g/mol. The van der Waals surface area contributed by atoms with E-state index in [1.165, 1.54) is 0 Å². The first-order chi connectivity index (χ1) is 17.3. The van der Waals surface area contributed by atoms with Crippen LogP contribution < -0.4 is 9.47 Å². The first-order valence-corrected chi connectivity index (χ1v) is 10.6. The molecule has 0 saturated heterocycles. The Balaban J connectivity index is 1.38. The van der Waals surface area contributed by atoms with Gasteiger partial charge in [0, 0.05) is 0 Å². The summed E-state index contributed by atoms with van der Waals surface area (Å²) in [5.41, 5.74) is -0.254. The van der Waals surface area contributed by atoms with Crippen molar-refractivity contribution in [3.05, 3.63) is 119 Å². The summed E-state index contributed by atoms with van der Waals surface area (Å²) >= 11 is 0. The molecule has 0 saturated carbocycles. The lowest BCUT2D eigenvalue weighted by atomic mass is 10.0. The van der Waals surface area contributed by atoms with Crippen molar-refractivity contribution in [1.82, 2.24) is 0 Å². The van der Waals surface area contributed by atoms with Gasteiger partial charge in [-0.05, 0) is 82.2 Å². The van der Waals surface area contributed by atoms with Crippen LogP contribution in [0.4, 0.5) is 17.6 Å². The summed E-state index contributed by atoms with van der Waals surface area (Å²) < 4.78 is 63.6. The molecule has 5 aromatic rings. The molecule has 36 heavy (non-hydrogen) atoms. The van der Waals surface area contributed by atoms with Crippen LogP contribution >= 0.6 is 0 Å². The third-order valence-corrected chi connectivity index (χ3v) is 5.51. The molecule has 0 radical (unpaired) electrons. The summed E-state index contributed by atoms with van der Waals surface area (Å²) in [5, 5.41) is 3.12. The first kappa shape index (κ1) is 23.0. The SMILES string of the molecule is O=C(Oc1ccc2c(ccc3cc(OC(=O)c4ccc(F)c(F)c4)ccc32)c1)c1ccc(F)c(F)c1. The maximum atomic E-state index is 13.4. The largest absolute Gasteiger partial charge is 0.423 e. The highest BCUT2D eigenvalue weighted by atomic mass is 19.2. The van der Waals surface area contributed by atoms with Crippen molar-refractivity contribution in [3.63, 3.8) is 0 Å². The van der Waals surface area contributed by atoms with Crippen LogP contribution in [0.2, 0.25) is 0 Å². The molecule has 0 N–H and O–H groups in total. The van der Waals surface area contributed by atoms with E-state index in [-0.39, 0.29) is 22.6 Å². The molecule has 0 heterocycles. The van der Waals surface area contributed by atoms with Gasteiger partial charge in [-0.15, -0.1) is 0 Å². The van der Waals surface area contributed by atoms with Gasteiger partial charge in [-0.2, -0.15) is 0 Å². The minimum atomic E-state index is -1.15. The lowest BCUT2D eigenvalue weighted by Crippen LogP contribution is -2.09. The second kappa shape index (κ2) is 9.14. The molecular formula is C28H14F4O4. The van der Waals surface area contributed by atoms with Crippen LogP contribution in [0.3, 0.4) is 0 Å². The zero-order valence-electron chi connectivity index (χ0n) is 18.2. The van der Waals surface area contributed by atoms with E-state index in [0.29, 0.717) is 0 Å². The van der Waals surface area contributed by atoms with Crippen LogP contribution in [0.1, 0.15) is 20.7 Å². The average molecular weight is 490 g/mol. The van der Waals surface area contributed by atoms with Gasteiger partial charge in [0.2, 0.25) is 0 Å². The van der Waals surface area contributed by atoms with Crippen molar-refractivity contribution in [2.45, 2.75) is 0 Å². The maximum absolute atomic E-state index is 13.4. The Hall–Kier alpha value is -4.72.